The summed E-state index contributed by atoms with van der Waals surface area (Å²) in [5, 5.41) is 24.4. The maximum Gasteiger partial charge on any atom is 0.418 e. The summed E-state index contributed by atoms with van der Waals surface area (Å²) in [5.41, 5.74) is -3.68. The third-order valence-electron chi connectivity index (χ3n) is 3.26. The lowest BCUT2D eigenvalue weighted by molar-refractivity contribution is -0.394. The number of hydrogen-bond donors (Lipinski definition) is 1. The van der Waals surface area contributed by atoms with Gasteiger partial charge < -0.3 is 5.32 Å². The van der Waals surface area contributed by atoms with E-state index in [9.17, 15) is 33.4 Å². The molecular formula is C14H9BrF3N3O4. The van der Waals surface area contributed by atoms with Gasteiger partial charge in [-0.15, -0.1) is 0 Å². The SMILES string of the molecule is Cc1cc(Br)ccc1Nc1c([N+](=O)[O-])cc([N+](=O)[O-])cc1C(F)(F)F. The Bertz CT molecular complexity index is 871. The van der Waals surface area contributed by atoms with Crippen LogP contribution >= 0.6 is 15.9 Å². The molecule has 0 heterocycles. The number of nitrogens with zero attached hydrogens (tertiary/aromatic N) is 2. The first-order valence-electron chi connectivity index (χ1n) is 6.58. The first-order valence-corrected chi connectivity index (χ1v) is 7.37. The second kappa shape index (κ2) is 6.67. The van der Waals surface area contributed by atoms with Gasteiger partial charge >= 0.3 is 6.18 Å². The van der Waals surface area contributed by atoms with E-state index in [-0.39, 0.29) is 11.8 Å². The van der Waals surface area contributed by atoms with E-state index in [4.69, 9.17) is 0 Å². The van der Waals surface area contributed by atoms with E-state index >= 15 is 0 Å². The van der Waals surface area contributed by atoms with Crippen molar-refractivity contribution in [2.45, 2.75) is 13.1 Å². The molecule has 0 aliphatic carbocycles. The number of rotatable bonds is 4. The molecule has 2 aromatic rings. The smallest absolute Gasteiger partial charge is 0.349 e. The topological polar surface area (TPSA) is 98.3 Å². The fourth-order valence-corrected chi connectivity index (χ4v) is 2.59. The molecule has 0 unspecified atom stereocenters. The van der Waals surface area contributed by atoms with Crippen LogP contribution in [0.4, 0.5) is 35.9 Å². The van der Waals surface area contributed by atoms with Gasteiger partial charge in [0.25, 0.3) is 11.4 Å². The Labute approximate surface area is 146 Å². The summed E-state index contributed by atoms with van der Waals surface area (Å²) in [4.78, 5) is 19.8. The summed E-state index contributed by atoms with van der Waals surface area (Å²) in [7, 11) is 0. The molecule has 1 N–H and O–H groups in total. The van der Waals surface area contributed by atoms with Crippen LogP contribution in [0.3, 0.4) is 0 Å². The van der Waals surface area contributed by atoms with Gasteiger partial charge in [-0.05, 0) is 30.7 Å². The quantitative estimate of drug-likeness (QED) is 0.532. The van der Waals surface area contributed by atoms with Gasteiger partial charge in [0.1, 0.15) is 5.69 Å². The maximum atomic E-state index is 13.3. The summed E-state index contributed by atoms with van der Waals surface area (Å²) >= 11 is 3.20. The van der Waals surface area contributed by atoms with Crippen molar-refractivity contribution in [3.63, 3.8) is 0 Å². The van der Waals surface area contributed by atoms with Gasteiger partial charge in [-0.1, -0.05) is 15.9 Å². The number of nitro benzene ring substituents is 2. The molecule has 132 valence electrons. The van der Waals surface area contributed by atoms with E-state index < -0.39 is 38.6 Å². The zero-order chi connectivity index (χ0) is 18.9. The highest BCUT2D eigenvalue weighted by Crippen LogP contribution is 2.44. The third kappa shape index (κ3) is 4.05. The predicted molar refractivity (Wildman–Crippen MR) is 86.9 cm³/mol. The lowest BCUT2D eigenvalue weighted by Crippen LogP contribution is -2.12. The van der Waals surface area contributed by atoms with Gasteiger partial charge in [0.2, 0.25) is 0 Å². The number of benzene rings is 2. The van der Waals surface area contributed by atoms with Crippen LogP contribution in [0, 0.1) is 27.2 Å². The minimum atomic E-state index is -5.03. The molecule has 0 bridgehead atoms. The Morgan fingerprint density at radius 3 is 2.20 bits per heavy atom. The van der Waals surface area contributed by atoms with Crippen molar-refractivity contribution in [2.75, 3.05) is 5.32 Å². The molecule has 11 heteroatoms. The van der Waals surface area contributed by atoms with Gasteiger partial charge in [0.15, 0.2) is 0 Å². The summed E-state index contributed by atoms with van der Waals surface area (Å²) in [6, 6.07) is 5.34. The average molecular weight is 420 g/mol. The Hall–Kier alpha value is -2.69. The van der Waals surface area contributed by atoms with Crippen molar-refractivity contribution in [2.24, 2.45) is 0 Å². The van der Waals surface area contributed by atoms with Crippen molar-refractivity contribution < 1.29 is 23.0 Å². The number of aryl methyl sites for hydroxylation is 1. The van der Waals surface area contributed by atoms with Gasteiger partial charge in [-0.2, -0.15) is 13.2 Å². The Morgan fingerprint density at radius 2 is 1.72 bits per heavy atom. The zero-order valence-corrected chi connectivity index (χ0v) is 14.0. The van der Waals surface area contributed by atoms with Crippen molar-refractivity contribution in [3.8, 4) is 0 Å². The third-order valence-corrected chi connectivity index (χ3v) is 3.76. The second-order valence-corrected chi connectivity index (χ2v) is 5.90. The lowest BCUT2D eigenvalue weighted by atomic mass is 10.1. The second-order valence-electron chi connectivity index (χ2n) is 4.98. The molecule has 0 aromatic heterocycles. The average Bonchev–Trinajstić information content (AvgIpc) is 2.48. The van der Waals surface area contributed by atoms with Crippen LogP contribution in [-0.4, -0.2) is 9.85 Å². The summed E-state index contributed by atoms with van der Waals surface area (Å²) < 4.78 is 40.6. The molecule has 0 saturated heterocycles. The van der Waals surface area contributed by atoms with Crippen LogP contribution < -0.4 is 5.32 Å². The molecule has 0 saturated carbocycles. The van der Waals surface area contributed by atoms with E-state index in [1.807, 2.05) is 0 Å². The first kappa shape index (κ1) is 18.6. The number of hydrogen-bond acceptors (Lipinski definition) is 5. The number of nitro groups is 2. The fraction of sp³-hybridized carbons (Fsp3) is 0.143. The predicted octanol–water partition coefficient (Wildman–Crippen LogP) is 5.34. The molecular weight excluding hydrogens is 411 g/mol. The molecule has 0 amide bonds. The van der Waals surface area contributed by atoms with Crippen LogP contribution in [0.1, 0.15) is 11.1 Å². The fourth-order valence-electron chi connectivity index (χ4n) is 2.12. The van der Waals surface area contributed by atoms with E-state index in [2.05, 4.69) is 21.2 Å². The van der Waals surface area contributed by atoms with Crippen molar-refractivity contribution in [3.05, 3.63) is 66.2 Å². The molecule has 7 nitrogen and oxygen atoms in total. The van der Waals surface area contributed by atoms with Crippen LogP contribution in [-0.2, 0) is 6.18 Å². The minimum absolute atomic E-state index is 0.200. The van der Waals surface area contributed by atoms with Crippen LogP contribution in [0.5, 0.6) is 0 Å². The van der Waals surface area contributed by atoms with Gasteiger partial charge in [0, 0.05) is 16.2 Å². The molecule has 0 aliphatic heterocycles. The van der Waals surface area contributed by atoms with Crippen LogP contribution in [0.25, 0.3) is 0 Å². The number of alkyl halides is 3. The maximum absolute atomic E-state index is 13.3. The standard InChI is InChI=1S/C14H9BrF3N3O4/c1-7-4-8(15)2-3-11(7)19-13-10(14(16,17)18)5-9(20(22)23)6-12(13)21(24)25/h2-6,19H,1H3. The van der Waals surface area contributed by atoms with E-state index in [1.54, 1.807) is 19.1 Å². The van der Waals surface area contributed by atoms with Gasteiger partial charge in [0.05, 0.1) is 21.5 Å². The molecule has 0 atom stereocenters. The zero-order valence-electron chi connectivity index (χ0n) is 12.4. The molecule has 0 aliphatic rings. The van der Waals surface area contributed by atoms with E-state index in [0.717, 1.165) is 0 Å². The van der Waals surface area contributed by atoms with Crippen molar-refractivity contribution in [1.29, 1.82) is 0 Å². The molecule has 2 rings (SSSR count). The number of halogens is 4. The number of anilines is 2. The summed E-state index contributed by atoms with van der Waals surface area (Å²) in [6.07, 6.45) is -5.03. The number of nitrogens with one attached hydrogen (secondary N) is 1. The first-order chi connectivity index (χ1) is 11.5. The largest absolute Gasteiger partial charge is 0.418 e. The van der Waals surface area contributed by atoms with Crippen LogP contribution in [0.2, 0.25) is 0 Å². The van der Waals surface area contributed by atoms with Crippen molar-refractivity contribution in [1.82, 2.24) is 0 Å². The molecule has 0 fully saturated rings. The minimum Gasteiger partial charge on any atom is -0.349 e. The Morgan fingerprint density at radius 1 is 1.08 bits per heavy atom. The van der Waals surface area contributed by atoms with E-state index in [1.165, 1.54) is 6.07 Å². The Balaban J connectivity index is 2.73. The number of non-ortho nitro benzene ring substituents is 1. The monoisotopic (exact) mass is 419 g/mol. The molecule has 2 aromatic carbocycles. The molecule has 0 spiro atoms. The highest BCUT2D eigenvalue weighted by atomic mass is 79.9. The van der Waals surface area contributed by atoms with Crippen molar-refractivity contribution >= 4 is 38.7 Å². The van der Waals surface area contributed by atoms with Gasteiger partial charge in [-0.3, -0.25) is 20.2 Å². The van der Waals surface area contributed by atoms with E-state index in [0.29, 0.717) is 16.1 Å². The lowest BCUT2D eigenvalue weighted by Gasteiger charge is -2.16. The van der Waals surface area contributed by atoms with Gasteiger partial charge in [-0.25, -0.2) is 0 Å². The summed E-state index contributed by atoms with van der Waals surface area (Å²) in [6.45, 7) is 1.59. The Kier molecular flexibility index (Phi) is 4.97. The highest BCUT2D eigenvalue weighted by molar-refractivity contribution is 9.10. The summed E-state index contributed by atoms with van der Waals surface area (Å²) in [5.74, 6) is 0. The van der Waals surface area contributed by atoms with Crippen LogP contribution in [0.15, 0.2) is 34.8 Å². The normalized spacial score (nSPS) is 11.2. The molecule has 25 heavy (non-hydrogen) atoms. The highest BCUT2D eigenvalue weighted by Gasteiger charge is 2.39. The molecule has 0 radical (unpaired) electrons.